The van der Waals surface area contributed by atoms with Gasteiger partial charge in [-0.25, -0.2) is 4.57 Å². The quantitative estimate of drug-likeness (QED) is 0.0550. The maximum absolute atomic E-state index is 11.8. The SMILES string of the molecule is CCCCCCCCCCCCCCCCCCC(=O)OCC(O)COP(=O)(O)OCCNC(=O)CCC. The predicted octanol–water partition coefficient (Wildman–Crippen LogP) is 6.59. The molecule has 0 aromatic heterocycles. The van der Waals surface area contributed by atoms with Crippen LogP contribution in [0.1, 0.15) is 136 Å². The van der Waals surface area contributed by atoms with Gasteiger partial charge >= 0.3 is 13.8 Å². The summed E-state index contributed by atoms with van der Waals surface area (Å²) in [6.45, 7) is 3.18. The minimum absolute atomic E-state index is 0.0757. The number of esters is 1. The molecule has 0 aliphatic carbocycles. The second kappa shape index (κ2) is 26.2. The van der Waals surface area contributed by atoms with E-state index in [-0.39, 0.29) is 32.1 Å². The van der Waals surface area contributed by atoms with Gasteiger partial charge in [-0.15, -0.1) is 0 Å². The molecule has 0 aliphatic heterocycles. The minimum atomic E-state index is -4.37. The van der Waals surface area contributed by atoms with Crippen LogP contribution in [-0.2, 0) is 27.9 Å². The standard InChI is InChI=1S/C28H56NO8P/c1-3-5-6-7-8-9-10-11-12-13-14-15-16-17-18-19-21-28(32)35-24-26(30)25-37-38(33,34)36-23-22-29-27(31)20-4-2/h26,30H,3-25H2,1-2H3,(H,29,31)(H,33,34). The molecule has 0 saturated heterocycles. The number of hydrogen-bond donors (Lipinski definition) is 3. The zero-order valence-corrected chi connectivity index (χ0v) is 25.0. The summed E-state index contributed by atoms with van der Waals surface area (Å²) in [5.41, 5.74) is 0. The lowest BCUT2D eigenvalue weighted by atomic mass is 10.0. The van der Waals surface area contributed by atoms with Gasteiger partial charge < -0.3 is 20.1 Å². The number of rotatable bonds is 28. The minimum Gasteiger partial charge on any atom is -0.463 e. The Kier molecular flexibility index (Phi) is 25.6. The van der Waals surface area contributed by atoms with Gasteiger partial charge in [0.2, 0.25) is 5.91 Å². The van der Waals surface area contributed by atoms with Crippen LogP contribution in [0.2, 0.25) is 0 Å². The summed E-state index contributed by atoms with van der Waals surface area (Å²) in [6.07, 6.45) is 20.4. The van der Waals surface area contributed by atoms with E-state index in [2.05, 4.69) is 12.2 Å². The molecule has 0 saturated carbocycles. The van der Waals surface area contributed by atoms with Crippen molar-refractivity contribution in [3.8, 4) is 0 Å². The molecule has 0 bridgehead atoms. The van der Waals surface area contributed by atoms with E-state index < -0.39 is 26.5 Å². The van der Waals surface area contributed by atoms with Crippen molar-refractivity contribution < 1.29 is 37.9 Å². The molecule has 0 aliphatic rings. The van der Waals surface area contributed by atoms with Crippen molar-refractivity contribution in [3.63, 3.8) is 0 Å². The second-order valence-corrected chi connectivity index (χ2v) is 11.5. The van der Waals surface area contributed by atoms with E-state index in [9.17, 15) is 24.2 Å². The highest BCUT2D eigenvalue weighted by atomic mass is 31.2. The largest absolute Gasteiger partial charge is 0.472 e. The van der Waals surface area contributed by atoms with E-state index in [4.69, 9.17) is 13.8 Å². The van der Waals surface area contributed by atoms with E-state index in [1.807, 2.05) is 6.92 Å². The van der Waals surface area contributed by atoms with Crippen molar-refractivity contribution in [2.24, 2.45) is 0 Å². The first-order valence-electron chi connectivity index (χ1n) is 15.0. The molecule has 0 radical (unpaired) electrons. The molecule has 0 aromatic carbocycles. The summed E-state index contributed by atoms with van der Waals surface area (Å²) in [5.74, 6) is -0.567. The summed E-state index contributed by atoms with van der Waals surface area (Å²) in [7, 11) is -4.37. The summed E-state index contributed by atoms with van der Waals surface area (Å²) in [6, 6.07) is 0. The van der Waals surface area contributed by atoms with Gasteiger partial charge in [0, 0.05) is 19.4 Å². The van der Waals surface area contributed by atoms with Gasteiger partial charge in [-0.3, -0.25) is 18.6 Å². The Morgan fingerprint density at radius 3 is 1.71 bits per heavy atom. The molecule has 0 spiro atoms. The first-order valence-corrected chi connectivity index (χ1v) is 16.5. The molecular weight excluding hydrogens is 509 g/mol. The first-order chi connectivity index (χ1) is 18.3. The number of ether oxygens (including phenoxy) is 1. The Morgan fingerprint density at radius 1 is 0.711 bits per heavy atom. The maximum atomic E-state index is 11.8. The number of phosphoric ester groups is 1. The van der Waals surface area contributed by atoms with Crippen LogP contribution in [0.4, 0.5) is 0 Å². The molecule has 226 valence electrons. The Labute approximate surface area is 231 Å². The predicted molar refractivity (Wildman–Crippen MR) is 151 cm³/mol. The number of phosphoric acid groups is 1. The highest BCUT2D eigenvalue weighted by Crippen LogP contribution is 2.42. The summed E-state index contributed by atoms with van der Waals surface area (Å²) in [5, 5.41) is 12.4. The third-order valence-corrected chi connectivity index (χ3v) is 7.24. The fourth-order valence-corrected chi connectivity index (χ4v) is 4.77. The van der Waals surface area contributed by atoms with Crippen LogP contribution in [0, 0.1) is 0 Å². The third-order valence-electron chi connectivity index (χ3n) is 6.26. The molecule has 0 heterocycles. The zero-order valence-electron chi connectivity index (χ0n) is 24.1. The lowest BCUT2D eigenvalue weighted by Crippen LogP contribution is -2.27. The van der Waals surface area contributed by atoms with Gasteiger partial charge in [-0.1, -0.05) is 110 Å². The maximum Gasteiger partial charge on any atom is 0.472 e. The van der Waals surface area contributed by atoms with Crippen LogP contribution < -0.4 is 5.32 Å². The monoisotopic (exact) mass is 565 g/mol. The summed E-state index contributed by atoms with van der Waals surface area (Å²) in [4.78, 5) is 32.7. The highest BCUT2D eigenvalue weighted by molar-refractivity contribution is 7.47. The molecule has 9 nitrogen and oxygen atoms in total. The van der Waals surface area contributed by atoms with Crippen molar-refractivity contribution >= 4 is 19.7 Å². The number of unbranched alkanes of at least 4 members (excludes halogenated alkanes) is 15. The highest BCUT2D eigenvalue weighted by Gasteiger charge is 2.23. The van der Waals surface area contributed by atoms with E-state index in [0.717, 1.165) is 19.3 Å². The fourth-order valence-electron chi connectivity index (χ4n) is 4.01. The van der Waals surface area contributed by atoms with Gasteiger partial charge in [0.05, 0.1) is 13.2 Å². The second-order valence-electron chi connectivity index (χ2n) is 10.1. The topological polar surface area (TPSA) is 131 Å². The lowest BCUT2D eigenvalue weighted by molar-refractivity contribution is -0.147. The van der Waals surface area contributed by atoms with Crippen LogP contribution in [0.25, 0.3) is 0 Å². The summed E-state index contributed by atoms with van der Waals surface area (Å²) >= 11 is 0. The van der Waals surface area contributed by atoms with Crippen molar-refractivity contribution in [3.05, 3.63) is 0 Å². The van der Waals surface area contributed by atoms with Crippen LogP contribution in [0.15, 0.2) is 0 Å². The molecule has 1 amide bonds. The van der Waals surface area contributed by atoms with Crippen molar-refractivity contribution in [1.82, 2.24) is 5.32 Å². The number of carbonyl (C=O) groups excluding carboxylic acids is 2. The van der Waals surface area contributed by atoms with Crippen molar-refractivity contribution in [2.45, 2.75) is 142 Å². The van der Waals surface area contributed by atoms with Crippen LogP contribution in [0.3, 0.4) is 0 Å². The van der Waals surface area contributed by atoms with Crippen LogP contribution in [-0.4, -0.2) is 54.3 Å². The molecule has 2 atom stereocenters. The number of nitrogens with one attached hydrogen (secondary N) is 1. The lowest BCUT2D eigenvalue weighted by Gasteiger charge is -2.15. The Morgan fingerprint density at radius 2 is 1.21 bits per heavy atom. The third kappa shape index (κ3) is 26.6. The first kappa shape index (κ1) is 37.0. The Balaban J connectivity index is 3.53. The molecule has 0 rings (SSSR count). The van der Waals surface area contributed by atoms with Crippen LogP contribution >= 0.6 is 7.82 Å². The molecule has 0 fully saturated rings. The van der Waals surface area contributed by atoms with Gasteiger partial charge in [0.15, 0.2) is 0 Å². The average molecular weight is 566 g/mol. The molecule has 10 heteroatoms. The fraction of sp³-hybridized carbons (Fsp3) is 0.929. The van der Waals surface area contributed by atoms with Gasteiger partial charge in [-0.05, 0) is 12.8 Å². The number of aliphatic hydroxyl groups excluding tert-OH is 1. The van der Waals surface area contributed by atoms with E-state index >= 15 is 0 Å². The average Bonchev–Trinajstić information content (AvgIpc) is 2.88. The Hall–Kier alpha value is -0.990. The number of hydrogen-bond acceptors (Lipinski definition) is 7. The number of amides is 1. The molecular formula is C28H56NO8P. The molecule has 2 unspecified atom stereocenters. The Bertz CT molecular complexity index is 620. The molecule has 0 aromatic rings. The number of aliphatic hydroxyl groups is 1. The van der Waals surface area contributed by atoms with Crippen LogP contribution in [0.5, 0.6) is 0 Å². The number of carbonyl (C=O) groups is 2. The van der Waals surface area contributed by atoms with Crippen molar-refractivity contribution in [1.29, 1.82) is 0 Å². The van der Waals surface area contributed by atoms with E-state index in [0.29, 0.717) is 12.8 Å². The van der Waals surface area contributed by atoms with Gasteiger partial charge in [0.1, 0.15) is 12.7 Å². The van der Waals surface area contributed by atoms with Gasteiger partial charge in [-0.2, -0.15) is 0 Å². The zero-order chi connectivity index (χ0) is 28.3. The summed E-state index contributed by atoms with van der Waals surface area (Å²) < 4.78 is 26.2. The normalized spacial score (nSPS) is 13.7. The molecule has 38 heavy (non-hydrogen) atoms. The van der Waals surface area contributed by atoms with Gasteiger partial charge in [0.25, 0.3) is 0 Å². The van der Waals surface area contributed by atoms with E-state index in [1.165, 1.54) is 83.5 Å². The van der Waals surface area contributed by atoms with E-state index in [1.54, 1.807) is 0 Å². The smallest absolute Gasteiger partial charge is 0.463 e. The van der Waals surface area contributed by atoms with Crippen molar-refractivity contribution in [2.75, 3.05) is 26.4 Å². The molecule has 3 N–H and O–H groups in total.